The Hall–Kier alpha value is -3.47. The van der Waals surface area contributed by atoms with Crippen LogP contribution in [0.2, 0.25) is 0 Å². The zero-order valence-electron chi connectivity index (χ0n) is 16.6. The second kappa shape index (κ2) is 10.8. The Bertz CT molecular complexity index is 913. The van der Waals surface area contributed by atoms with E-state index >= 15 is 0 Å². The van der Waals surface area contributed by atoms with E-state index in [1.807, 2.05) is 66.7 Å². The van der Waals surface area contributed by atoms with Crippen LogP contribution in [-0.4, -0.2) is 26.2 Å². The minimum absolute atomic E-state index is 0.145. The van der Waals surface area contributed by atoms with Gasteiger partial charge in [-0.1, -0.05) is 48.5 Å². The first-order valence-corrected chi connectivity index (χ1v) is 9.68. The molecule has 0 unspecified atom stereocenters. The van der Waals surface area contributed by atoms with Gasteiger partial charge < -0.3 is 20.1 Å². The molecule has 0 aromatic heterocycles. The van der Waals surface area contributed by atoms with E-state index in [4.69, 9.17) is 9.47 Å². The van der Waals surface area contributed by atoms with Crippen molar-refractivity contribution in [2.45, 2.75) is 12.8 Å². The lowest BCUT2D eigenvalue weighted by Crippen LogP contribution is -2.22. The molecule has 150 valence electrons. The molecule has 2 N–H and O–H groups in total. The lowest BCUT2D eigenvalue weighted by molar-refractivity contribution is -0.114. The number of benzene rings is 3. The minimum atomic E-state index is -0.145. The van der Waals surface area contributed by atoms with Crippen molar-refractivity contribution in [2.75, 3.05) is 30.9 Å². The molecular formula is C24H26N2O3. The van der Waals surface area contributed by atoms with Crippen molar-refractivity contribution >= 4 is 17.3 Å². The topological polar surface area (TPSA) is 59.6 Å². The average Bonchev–Trinajstić information content (AvgIpc) is 2.77. The van der Waals surface area contributed by atoms with Gasteiger partial charge >= 0.3 is 0 Å². The number of carbonyl (C=O) groups excluding carboxylic acids is 1. The maximum absolute atomic E-state index is 12.3. The largest absolute Gasteiger partial charge is 0.497 e. The number of amides is 1. The summed E-state index contributed by atoms with van der Waals surface area (Å²) in [6.45, 7) is 0.735. The van der Waals surface area contributed by atoms with Crippen molar-refractivity contribution in [3.05, 3.63) is 84.4 Å². The fourth-order valence-corrected chi connectivity index (χ4v) is 2.91. The van der Waals surface area contributed by atoms with Crippen LogP contribution < -0.4 is 20.1 Å². The van der Waals surface area contributed by atoms with Crippen LogP contribution in [-0.2, 0) is 11.2 Å². The predicted octanol–water partition coefficient (Wildman–Crippen LogP) is 4.76. The summed E-state index contributed by atoms with van der Waals surface area (Å²) >= 11 is 0. The molecule has 3 aromatic carbocycles. The van der Waals surface area contributed by atoms with Crippen LogP contribution in [0.15, 0.2) is 78.9 Å². The molecule has 0 aliphatic heterocycles. The summed E-state index contributed by atoms with van der Waals surface area (Å²) in [5.41, 5.74) is 2.79. The molecule has 3 rings (SSSR count). The first kappa shape index (κ1) is 20.3. The number of para-hydroxylation sites is 2. The van der Waals surface area contributed by atoms with Crippen LogP contribution in [0.4, 0.5) is 11.4 Å². The van der Waals surface area contributed by atoms with E-state index in [2.05, 4.69) is 22.8 Å². The van der Waals surface area contributed by atoms with E-state index in [0.717, 1.165) is 24.3 Å². The molecule has 3 aromatic rings. The van der Waals surface area contributed by atoms with Crippen LogP contribution in [0.1, 0.15) is 12.0 Å². The highest BCUT2D eigenvalue weighted by Crippen LogP contribution is 2.24. The second-order valence-electron chi connectivity index (χ2n) is 6.57. The van der Waals surface area contributed by atoms with Gasteiger partial charge in [-0.15, -0.1) is 0 Å². The molecule has 0 bridgehead atoms. The first-order valence-electron chi connectivity index (χ1n) is 9.68. The Kier molecular flexibility index (Phi) is 7.52. The highest BCUT2D eigenvalue weighted by molar-refractivity contribution is 5.95. The van der Waals surface area contributed by atoms with Gasteiger partial charge in [0.25, 0.3) is 0 Å². The number of hydrogen-bond donors (Lipinski definition) is 2. The van der Waals surface area contributed by atoms with Crippen LogP contribution >= 0.6 is 0 Å². The highest BCUT2D eigenvalue weighted by Gasteiger charge is 2.08. The molecule has 1 amide bonds. The Morgan fingerprint density at radius 3 is 2.55 bits per heavy atom. The molecule has 0 fully saturated rings. The van der Waals surface area contributed by atoms with Gasteiger partial charge in [0.05, 0.1) is 25.9 Å². The van der Waals surface area contributed by atoms with Crippen molar-refractivity contribution in [1.82, 2.24) is 0 Å². The molecule has 0 heterocycles. The summed E-state index contributed by atoms with van der Waals surface area (Å²) in [5, 5.41) is 6.01. The van der Waals surface area contributed by atoms with E-state index in [1.165, 1.54) is 5.56 Å². The number of aryl methyl sites for hydroxylation is 1. The van der Waals surface area contributed by atoms with Gasteiger partial charge in [-0.05, 0) is 42.7 Å². The SMILES string of the molecule is COc1cccc(NCC(=O)Nc2ccccc2OCCCc2ccccc2)c1. The van der Waals surface area contributed by atoms with Gasteiger partial charge in [0.15, 0.2) is 0 Å². The third-order valence-electron chi connectivity index (χ3n) is 4.39. The van der Waals surface area contributed by atoms with Gasteiger partial charge in [0.2, 0.25) is 5.91 Å². The zero-order valence-corrected chi connectivity index (χ0v) is 16.6. The number of anilines is 2. The van der Waals surface area contributed by atoms with Gasteiger partial charge in [-0.3, -0.25) is 4.79 Å². The number of rotatable bonds is 10. The summed E-state index contributed by atoms with van der Waals surface area (Å²) < 4.78 is 11.1. The lowest BCUT2D eigenvalue weighted by atomic mass is 10.1. The van der Waals surface area contributed by atoms with Gasteiger partial charge in [0, 0.05) is 11.8 Å². The number of methoxy groups -OCH3 is 1. The van der Waals surface area contributed by atoms with Gasteiger partial charge in [-0.2, -0.15) is 0 Å². The molecule has 0 radical (unpaired) electrons. The fraction of sp³-hybridized carbons (Fsp3) is 0.208. The van der Waals surface area contributed by atoms with Crippen LogP contribution in [0.5, 0.6) is 11.5 Å². The standard InChI is InChI=1S/C24H26N2O3/c1-28-21-13-7-12-20(17-21)25-18-24(27)26-22-14-5-6-15-23(22)29-16-8-11-19-9-3-2-4-10-19/h2-7,9-10,12-15,17,25H,8,11,16,18H2,1H3,(H,26,27). The van der Waals surface area contributed by atoms with E-state index in [1.54, 1.807) is 7.11 Å². The van der Waals surface area contributed by atoms with E-state index in [-0.39, 0.29) is 12.5 Å². The Morgan fingerprint density at radius 2 is 1.72 bits per heavy atom. The fourth-order valence-electron chi connectivity index (χ4n) is 2.91. The third-order valence-corrected chi connectivity index (χ3v) is 4.39. The molecule has 0 saturated carbocycles. The quantitative estimate of drug-likeness (QED) is 0.490. The lowest BCUT2D eigenvalue weighted by Gasteiger charge is -2.13. The summed E-state index contributed by atoms with van der Waals surface area (Å²) in [6.07, 6.45) is 1.86. The Morgan fingerprint density at radius 1 is 0.931 bits per heavy atom. The monoisotopic (exact) mass is 390 g/mol. The van der Waals surface area contributed by atoms with Crippen LogP contribution in [0.3, 0.4) is 0 Å². The summed E-state index contributed by atoms with van der Waals surface area (Å²) in [4.78, 5) is 12.3. The molecule has 0 atom stereocenters. The van der Waals surface area contributed by atoms with E-state index < -0.39 is 0 Å². The Labute approximate surface area is 171 Å². The molecular weight excluding hydrogens is 364 g/mol. The normalized spacial score (nSPS) is 10.2. The zero-order chi connectivity index (χ0) is 20.3. The van der Waals surface area contributed by atoms with Crippen molar-refractivity contribution in [2.24, 2.45) is 0 Å². The second-order valence-corrected chi connectivity index (χ2v) is 6.57. The smallest absolute Gasteiger partial charge is 0.243 e. The first-order chi connectivity index (χ1) is 14.2. The molecule has 0 saturated heterocycles. The van der Waals surface area contributed by atoms with Crippen molar-refractivity contribution < 1.29 is 14.3 Å². The van der Waals surface area contributed by atoms with Crippen molar-refractivity contribution in [3.63, 3.8) is 0 Å². The predicted molar refractivity (Wildman–Crippen MR) is 117 cm³/mol. The summed E-state index contributed by atoms with van der Waals surface area (Å²) in [5.74, 6) is 1.27. The number of nitrogens with one attached hydrogen (secondary N) is 2. The molecule has 0 aliphatic carbocycles. The van der Waals surface area contributed by atoms with E-state index in [0.29, 0.717) is 18.0 Å². The van der Waals surface area contributed by atoms with Gasteiger partial charge in [0.1, 0.15) is 11.5 Å². The molecule has 0 aliphatic rings. The Balaban J connectivity index is 1.48. The third kappa shape index (κ3) is 6.57. The summed E-state index contributed by atoms with van der Waals surface area (Å²) in [7, 11) is 1.61. The minimum Gasteiger partial charge on any atom is -0.497 e. The van der Waals surface area contributed by atoms with Crippen molar-refractivity contribution in [1.29, 1.82) is 0 Å². The molecule has 5 heteroatoms. The van der Waals surface area contributed by atoms with E-state index in [9.17, 15) is 4.79 Å². The van der Waals surface area contributed by atoms with Crippen LogP contribution in [0, 0.1) is 0 Å². The molecule has 5 nitrogen and oxygen atoms in total. The maximum Gasteiger partial charge on any atom is 0.243 e. The van der Waals surface area contributed by atoms with Crippen LogP contribution in [0.25, 0.3) is 0 Å². The summed E-state index contributed by atoms with van der Waals surface area (Å²) in [6, 6.07) is 25.3. The van der Waals surface area contributed by atoms with Crippen molar-refractivity contribution in [3.8, 4) is 11.5 Å². The van der Waals surface area contributed by atoms with Gasteiger partial charge in [-0.25, -0.2) is 0 Å². The average molecular weight is 390 g/mol. The maximum atomic E-state index is 12.3. The molecule has 0 spiro atoms. The molecule has 29 heavy (non-hydrogen) atoms. The number of ether oxygens (including phenoxy) is 2. The highest BCUT2D eigenvalue weighted by atomic mass is 16.5. The number of carbonyl (C=O) groups is 1. The number of hydrogen-bond acceptors (Lipinski definition) is 4.